The number of likely N-dealkylation sites (N-methyl/N-ethyl adjacent to an activating group) is 2. The third kappa shape index (κ3) is 6.05. The molecule has 1 unspecified atom stereocenters. The monoisotopic (exact) mass is 415 g/mol. The molecule has 1 saturated heterocycles. The Balaban J connectivity index is 1.58. The second-order valence-electron chi connectivity index (χ2n) is 7.71. The number of carbonyl (C=O) groups excluding carboxylic acids is 1. The van der Waals surface area contributed by atoms with Crippen molar-refractivity contribution in [3.8, 4) is 0 Å². The van der Waals surface area contributed by atoms with Crippen LogP contribution < -0.4 is 4.72 Å². The highest BCUT2D eigenvalue weighted by molar-refractivity contribution is 7.92. The number of aryl methyl sites for hydroxylation is 1. The van der Waals surface area contributed by atoms with Crippen LogP contribution in [-0.2, 0) is 16.4 Å². The minimum Gasteiger partial charge on any atom is -0.337 e. The third-order valence-corrected chi connectivity index (χ3v) is 6.66. The number of hydrogen-bond acceptors (Lipinski definition) is 4. The number of benzene rings is 2. The average molecular weight is 416 g/mol. The molecule has 0 aliphatic carbocycles. The van der Waals surface area contributed by atoms with Crippen LogP contribution in [0.1, 0.15) is 28.8 Å². The van der Waals surface area contributed by atoms with Gasteiger partial charge in [-0.25, -0.2) is 8.42 Å². The van der Waals surface area contributed by atoms with Gasteiger partial charge < -0.3 is 9.80 Å². The van der Waals surface area contributed by atoms with Gasteiger partial charge in [-0.3, -0.25) is 9.52 Å². The number of carbonyl (C=O) groups is 1. The van der Waals surface area contributed by atoms with Crippen LogP contribution in [0.15, 0.2) is 54.6 Å². The lowest BCUT2D eigenvalue weighted by molar-refractivity contribution is 0.0644. The van der Waals surface area contributed by atoms with Crippen LogP contribution in [-0.4, -0.2) is 63.1 Å². The minimum absolute atomic E-state index is 0.00955. The van der Waals surface area contributed by atoms with E-state index in [9.17, 15) is 13.2 Å². The van der Waals surface area contributed by atoms with Crippen LogP contribution in [0, 0.1) is 0 Å². The first-order chi connectivity index (χ1) is 13.8. The van der Waals surface area contributed by atoms with Crippen LogP contribution in [0.4, 0.5) is 5.69 Å². The Morgan fingerprint density at radius 3 is 2.48 bits per heavy atom. The topological polar surface area (TPSA) is 69.7 Å². The van der Waals surface area contributed by atoms with Gasteiger partial charge in [-0.2, -0.15) is 0 Å². The van der Waals surface area contributed by atoms with E-state index in [2.05, 4.69) is 16.7 Å². The first-order valence-corrected chi connectivity index (χ1v) is 11.6. The molecular weight excluding hydrogens is 386 g/mol. The molecule has 0 spiro atoms. The van der Waals surface area contributed by atoms with E-state index < -0.39 is 10.0 Å². The largest absolute Gasteiger partial charge is 0.337 e. The van der Waals surface area contributed by atoms with Crippen LogP contribution in [0.25, 0.3) is 0 Å². The van der Waals surface area contributed by atoms with E-state index in [1.54, 1.807) is 29.2 Å². The van der Waals surface area contributed by atoms with Gasteiger partial charge >= 0.3 is 0 Å². The zero-order valence-electron chi connectivity index (χ0n) is 17.0. The molecule has 1 atom stereocenters. The number of hydrogen-bond donors (Lipinski definition) is 1. The smallest absolute Gasteiger partial charge is 0.253 e. The highest BCUT2D eigenvalue weighted by Gasteiger charge is 2.25. The SMILES string of the molecule is CN1CCCC(N(C)C(=O)c2ccc(NS(=O)(=O)CCc3ccccc3)cc2)C1. The van der Waals surface area contributed by atoms with E-state index >= 15 is 0 Å². The second-order valence-corrected chi connectivity index (χ2v) is 9.55. The second kappa shape index (κ2) is 9.41. The Labute approximate surface area is 173 Å². The molecule has 1 amide bonds. The fourth-order valence-corrected chi connectivity index (χ4v) is 4.73. The molecule has 29 heavy (non-hydrogen) atoms. The Bertz CT molecular complexity index is 914. The average Bonchev–Trinajstić information content (AvgIpc) is 2.72. The van der Waals surface area contributed by atoms with Gasteiger partial charge in [-0.05, 0) is 62.7 Å². The number of likely N-dealkylation sites (tertiary alicyclic amines) is 1. The Kier molecular flexibility index (Phi) is 6.92. The molecule has 1 N–H and O–H groups in total. The summed E-state index contributed by atoms with van der Waals surface area (Å²) < 4.78 is 27.3. The van der Waals surface area contributed by atoms with Crippen molar-refractivity contribution in [1.29, 1.82) is 0 Å². The summed E-state index contributed by atoms with van der Waals surface area (Å²) in [7, 11) is 0.456. The van der Waals surface area contributed by atoms with Crippen LogP contribution >= 0.6 is 0 Å². The minimum atomic E-state index is -3.46. The predicted molar refractivity (Wildman–Crippen MR) is 117 cm³/mol. The summed E-state index contributed by atoms with van der Waals surface area (Å²) in [6.07, 6.45) is 2.54. The zero-order chi connectivity index (χ0) is 20.9. The number of amides is 1. The molecule has 0 bridgehead atoms. The number of nitrogens with zero attached hydrogens (tertiary/aromatic N) is 2. The number of sulfonamides is 1. The summed E-state index contributed by atoms with van der Waals surface area (Å²) in [6, 6.07) is 16.4. The number of nitrogens with one attached hydrogen (secondary N) is 1. The number of rotatable bonds is 7. The van der Waals surface area contributed by atoms with Gasteiger partial charge in [-0.15, -0.1) is 0 Å². The fraction of sp³-hybridized carbons (Fsp3) is 0.409. The molecule has 2 aromatic carbocycles. The van der Waals surface area contributed by atoms with E-state index in [1.807, 2.05) is 37.4 Å². The highest BCUT2D eigenvalue weighted by Crippen LogP contribution is 2.18. The molecule has 0 aromatic heterocycles. The molecule has 0 radical (unpaired) electrons. The first kappa shape index (κ1) is 21.3. The van der Waals surface area contributed by atoms with E-state index in [1.165, 1.54) is 0 Å². The van der Waals surface area contributed by atoms with Crippen molar-refractivity contribution >= 4 is 21.6 Å². The van der Waals surface area contributed by atoms with Crippen LogP contribution in [0.3, 0.4) is 0 Å². The molecule has 1 aliphatic rings. The van der Waals surface area contributed by atoms with Gasteiger partial charge in [0, 0.05) is 30.9 Å². The Hall–Kier alpha value is -2.38. The van der Waals surface area contributed by atoms with E-state index in [0.29, 0.717) is 17.7 Å². The normalized spacial score (nSPS) is 17.7. The summed E-state index contributed by atoms with van der Waals surface area (Å²) >= 11 is 0. The lowest BCUT2D eigenvalue weighted by Crippen LogP contribution is -2.47. The van der Waals surface area contributed by atoms with Crippen molar-refractivity contribution in [2.75, 3.05) is 37.7 Å². The summed E-state index contributed by atoms with van der Waals surface area (Å²) in [4.78, 5) is 16.8. The quantitative estimate of drug-likeness (QED) is 0.755. The maximum Gasteiger partial charge on any atom is 0.253 e. The van der Waals surface area contributed by atoms with Gasteiger partial charge in [0.1, 0.15) is 0 Å². The predicted octanol–water partition coefficient (Wildman–Crippen LogP) is 2.84. The molecule has 1 fully saturated rings. The van der Waals surface area contributed by atoms with Crippen molar-refractivity contribution in [3.05, 3.63) is 65.7 Å². The van der Waals surface area contributed by atoms with Crippen molar-refractivity contribution < 1.29 is 13.2 Å². The molecular formula is C22H29N3O3S. The van der Waals surface area contributed by atoms with Crippen LogP contribution in [0.2, 0.25) is 0 Å². The van der Waals surface area contributed by atoms with Gasteiger partial charge in [0.25, 0.3) is 5.91 Å². The van der Waals surface area contributed by atoms with E-state index in [4.69, 9.17) is 0 Å². The summed E-state index contributed by atoms with van der Waals surface area (Å²) in [5.41, 5.74) is 2.01. The van der Waals surface area contributed by atoms with Crippen molar-refractivity contribution in [3.63, 3.8) is 0 Å². The van der Waals surface area contributed by atoms with E-state index in [0.717, 1.165) is 31.5 Å². The van der Waals surface area contributed by atoms with Gasteiger partial charge in [0.05, 0.1) is 5.75 Å². The van der Waals surface area contributed by atoms with Crippen molar-refractivity contribution in [1.82, 2.24) is 9.80 Å². The molecule has 1 aliphatic heterocycles. The van der Waals surface area contributed by atoms with Crippen molar-refractivity contribution in [2.45, 2.75) is 25.3 Å². The van der Waals surface area contributed by atoms with E-state index in [-0.39, 0.29) is 17.7 Å². The molecule has 0 saturated carbocycles. The number of anilines is 1. The standard InChI is InChI=1S/C22H29N3O3S/c1-24-15-6-9-21(17-24)25(2)22(26)19-10-12-20(13-11-19)23-29(27,28)16-14-18-7-4-3-5-8-18/h3-5,7-8,10-13,21,23H,6,9,14-17H2,1-2H3. The molecule has 156 valence electrons. The Morgan fingerprint density at radius 2 is 1.83 bits per heavy atom. The van der Waals surface area contributed by atoms with Crippen molar-refractivity contribution in [2.24, 2.45) is 0 Å². The third-order valence-electron chi connectivity index (χ3n) is 5.38. The lowest BCUT2D eigenvalue weighted by atomic mass is 10.0. The number of piperidine rings is 1. The summed E-state index contributed by atoms with van der Waals surface area (Å²) in [5.74, 6) is -0.0286. The zero-order valence-corrected chi connectivity index (χ0v) is 17.9. The molecule has 2 aromatic rings. The summed E-state index contributed by atoms with van der Waals surface area (Å²) in [6.45, 7) is 1.94. The van der Waals surface area contributed by atoms with Gasteiger partial charge in [0.15, 0.2) is 0 Å². The molecule has 3 rings (SSSR count). The molecule has 1 heterocycles. The Morgan fingerprint density at radius 1 is 1.14 bits per heavy atom. The van der Waals surface area contributed by atoms with Gasteiger partial charge in [-0.1, -0.05) is 30.3 Å². The first-order valence-electron chi connectivity index (χ1n) is 9.94. The maximum atomic E-state index is 12.8. The molecule has 6 nitrogen and oxygen atoms in total. The lowest BCUT2D eigenvalue weighted by Gasteiger charge is -2.35. The summed E-state index contributed by atoms with van der Waals surface area (Å²) in [5, 5.41) is 0. The highest BCUT2D eigenvalue weighted by atomic mass is 32.2. The fourth-order valence-electron chi connectivity index (χ4n) is 3.63. The molecule has 7 heteroatoms. The maximum absolute atomic E-state index is 12.8. The van der Waals surface area contributed by atoms with Gasteiger partial charge in [0.2, 0.25) is 10.0 Å². The van der Waals surface area contributed by atoms with Crippen LogP contribution in [0.5, 0.6) is 0 Å².